The molecule has 1 saturated carbocycles. The first kappa shape index (κ1) is 12.8. The summed E-state index contributed by atoms with van der Waals surface area (Å²) in [4.78, 5) is 0. The van der Waals surface area contributed by atoms with Crippen molar-refractivity contribution in [1.29, 1.82) is 0 Å². The molecule has 2 rings (SSSR count). The topological polar surface area (TPSA) is 65.1 Å². The Labute approximate surface area is 106 Å². The fourth-order valence-corrected chi connectivity index (χ4v) is 2.55. The van der Waals surface area contributed by atoms with Crippen molar-refractivity contribution in [3.63, 3.8) is 0 Å². The lowest BCUT2D eigenvalue weighted by molar-refractivity contribution is 0.0480. The highest BCUT2D eigenvalue weighted by atomic mass is 35.5. The van der Waals surface area contributed by atoms with Crippen molar-refractivity contribution in [3.05, 3.63) is 16.9 Å². The number of hydrogen-bond donors (Lipinski definition) is 2. The van der Waals surface area contributed by atoms with Gasteiger partial charge in [-0.1, -0.05) is 11.6 Å². The van der Waals surface area contributed by atoms with Gasteiger partial charge in [0.05, 0.1) is 29.1 Å². The quantitative estimate of drug-likeness (QED) is 0.599. The van der Waals surface area contributed by atoms with Gasteiger partial charge in [0.25, 0.3) is 0 Å². The minimum Gasteiger partial charge on any atom is -0.379 e. The Balaban J connectivity index is 2.29. The molecule has 96 valence electrons. The second-order valence-electron chi connectivity index (χ2n) is 4.38. The maximum Gasteiger partial charge on any atom is 0.0908 e. The fourth-order valence-electron chi connectivity index (χ4n) is 2.29. The number of hydrazine groups is 1. The van der Waals surface area contributed by atoms with E-state index in [1.165, 1.54) is 12.8 Å². The highest BCUT2D eigenvalue weighted by molar-refractivity contribution is 6.31. The molecule has 6 heteroatoms. The van der Waals surface area contributed by atoms with E-state index in [1.807, 2.05) is 11.6 Å². The summed E-state index contributed by atoms with van der Waals surface area (Å²) in [5.74, 6) is 6.24. The molecular weight excluding hydrogens is 240 g/mol. The molecule has 0 saturated heterocycles. The van der Waals surface area contributed by atoms with E-state index in [-0.39, 0.29) is 12.1 Å². The molecule has 3 N–H and O–H groups in total. The zero-order chi connectivity index (χ0) is 12.4. The molecule has 1 aliphatic carbocycles. The van der Waals surface area contributed by atoms with Gasteiger partial charge >= 0.3 is 0 Å². The van der Waals surface area contributed by atoms with E-state index in [2.05, 4.69) is 10.5 Å². The molecule has 1 aliphatic rings. The molecule has 0 bridgehead atoms. The van der Waals surface area contributed by atoms with Crippen molar-refractivity contribution >= 4 is 11.6 Å². The number of nitrogens with one attached hydrogen (secondary N) is 1. The van der Waals surface area contributed by atoms with E-state index in [0.29, 0.717) is 10.9 Å². The van der Waals surface area contributed by atoms with E-state index in [4.69, 9.17) is 22.2 Å². The van der Waals surface area contributed by atoms with Crippen LogP contribution < -0.4 is 11.3 Å². The molecule has 0 spiro atoms. The van der Waals surface area contributed by atoms with Crippen LogP contribution in [0.2, 0.25) is 5.02 Å². The summed E-state index contributed by atoms with van der Waals surface area (Å²) in [5, 5.41) is 4.87. The Hall–Kier alpha value is -0.620. The zero-order valence-electron chi connectivity index (χ0n) is 10.2. The Kier molecular flexibility index (Phi) is 4.04. The number of nitrogens with two attached hydrogens (primary N) is 1. The molecule has 2 atom stereocenters. The molecule has 2 unspecified atom stereocenters. The second-order valence-corrected chi connectivity index (χ2v) is 4.78. The Bertz CT molecular complexity index is 378. The van der Waals surface area contributed by atoms with E-state index in [9.17, 15) is 0 Å². The van der Waals surface area contributed by atoms with E-state index in [1.54, 1.807) is 13.3 Å². The number of hydrogen-bond acceptors (Lipinski definition) is 4. The molecule has 0 aliphatic heterocycles. The average molecular weight is 259 g/mol. The fraction of sp³-hybridized carbons (Fsp3) is 0.727. The molecule has 17 heavy (non-hydrogen) atoms. The van der Waals surface area contributed by atoms with Gasteiger partial charge in [-0.25, -0.2) is 5.43 Å². The normalized spacial score (nSPS) is 19.3. The first-order valence-corrected chi connectivity index (χ1v) is 6.30. The summed E-state index contributed by atoms with van der Waals surface area (Å²) in [5.41, 5.74) is 3.73. The number of halogens is 1. The average Bonchev–Trinajstić information content (AvgIpc) is 3.10. The van der Waals surface area contributed by atoms with Crippen LogP contribution in [0.4, 0.5) is 0 Å². The van der Waals surface area contributed by atoms with Crippen molar-refractivity contribution in [2.45, 2.75) is 38.5 Å². The maximum absolute atomic E-state index is 6.19. The van der Waals surface area contributed by atoms with Gasteiger partial charge in [-0.3, -0.25) is 10.5 Å². The largest absolute Gasteiger partial charge is 0.379 e. The standard InChI is InChI=1S/C11H19ClN4O/c1-3-16-10(8(12)6-14-16)9(15-13)11(17-2)7-4-5-7/h6-7,9,11,15H,3-5,13H2,1-2H3. The Morgan fingerprint density at radius 2 is 2.41 bits per heavy atom. The van der Waals surface area contributed by atoms with Crippen LogP contribution >= 0.6 is 11.6 Å². The van der Waals surface area contributed by atoms with Gasteiger partial charge in [-0.2, -0.15) is 5.10 Å². The molecule has 0 radical (unpaired) electrons. The summed E-state index contributed by atoms with van der Waals surface area (Å²) >= 11 is 6.19. The minimum absolute atomic E-state index is 0.0551. The molecular formula is C11H19ClN4O. The first-order chi connectivity index (χ1) is 8.22. The van der Waals surface area contributed by atoms with E-state index >= 15 is 0 Å². The Morgan fingerprint density at radius 3 is 2.88 bits per heavy atom. The number of ether oxygens (including phenoxy) is 1. The lowest BCUT2D eigenvalue weighted by atomic mass is 10.0. The molecule has 5 nitrogen and oxygen atoms in total. The van der Waals surface area contributed by atoms with Crippen LogP contribution in [0.5, 0.6) is 0 Å². The van der Waals surface area contributed by atoms with Crippen LogP contribution in [-0.2, 0) is 11.3 Å². The van der Waals surface area contributed by atoms with Crippen LogP contribution in [0.1, 0.15) is 31.5 Å². The van der Waals surface area contributed by atoms with E-state index in [0.717, 1.165) is 12.2 Å². The molecule has 1 heterocycles. The van der Waals surface area contributed by atoms with Crippen LogP contribution in [0.15, 0.2) is 6.20 Å². The summed E-state index contributed by atoms with van der Waals surface area (Å²) < 4.78 is 7.43. The summed E-state index contributed by atoms with van der Waals surface area (Å²) in [6.07, 6.45) is 4.09. The van der Waals surface area contributed by atoms with Gasteiger partial charge in [0.15, 0.2) is 0 Å². The van der Waals surface area contributed by atoms with Gasteiger partial charge < -0.3 is 4.74 Å². The predicted octanol–water partition coefficient (Wildman–Crippen LogP) is 1.49. The van der Waals surface area contributed by atoms with Gasteiger partial charge in [-0.15, -0.1) is 0 Å². The number of aromatic nitrogens is 2. The van der Waals surface area contributed by atoms with Crippen molar-refractivity contribution in [2.24, 2.45) is 11.8 Å². The minimum atomic E-state index is -0.109. The van der Waals surface area contributed by atoms with Crippen LogP contribution in [0.3, 0.4) is 0 Å². The summed E-state index contributed by atoms with van der Waals surface area (Å²) in [6, 6.07) is -0.109. The smallest absolute Gasteiger partial charge is 0.0908 e. The third-order valence-electron chi connectivity index (χ3n) is 3.29. The van der Waals surface area contributed by atoms with Crippen LogP contribution in [0.25, 0.3) is 0 Å². The third-order valence-corrected chi connectivity index (χ3v) is 3.59. The highest BCUT2D eigenvalue weighted by Crippen LogP contribution is 2.40. The van der Waals surface area contributed by atoms with Gasteiger partial charge in [0.2, 0.25) is 0 Å². The van der Waals surface area contributed by atoms with Crippen molar-refractivity contribution in [2.75, 3.05) is 7.11 Å². The molecule has 1 fully saturated rings. The van der Waals surface area contributed by atoms with Gasteiger partial charge in [0.1, 0.15) is 0 Å². The van der Waals surface area contributed by atoms with Crippen molar-refractivity contribution in [3.8, 4) is 0 Å². The lowest BCUT2D eigenvalue weighted by Gasteiger charge is -2.26. The number of aryl methyl sites for hydroxylation is 1. The van der Waals surface area contributed by atoms with E-state index < -0.39 is 0 Å². The monoisotopic (exact) mass is 258 g/mol. The highest BCUT2D eigenvalue weighted by Gasteiger charge is 2.39. The number of nitrogens with zero attached hydrogens (tertiary/aromatic N) is 2. The van der Waals surface area contributed by atoms with Crippen LogP contribution in [-0.4, -0.2) is 23.0 Å². The maximum atomic E-state index is 6.19. The number of methoxy groups -OCH3 is 1. The Morgan fingerprint density at radius 1 is 1.71 bits per heavy atom. The molecule has 1 aromatic heterocycles. The number of rotatable bonds is 6. The third kappa shape index (κ3) is 2.47. The molecule has 0 amide bonds. The molecule has 0 aromatic carbocycles. The van der Waals surface area contributed by atoms with Crippen molar-refractivity contribution in [1.82, 2.24) is 15.2 Å². The lowest BCUT2D eigenvalue weighted by Crippen LogP contribution is -2.40. The van der Waals surface area contributed by atoms with Crippen LogP contribution in [0, 0.1) is 5.92 Å². The SMILES string of the molecule is CCn1ncc(Cl)c1C(NN)C(OC)C1CC1. The van der Waals surface area contributed by atoms with Gasteiger partial charge in [0, 0.05) is 13.7 Å². The van der Waals surface area contributed by atoms with Crippen molar-refractivity contribution < 1.29 is 4.74 Å². The summed E-state index contributed by atoms with van der Waals surface area (Å²) in [7, 11) is 1.72. The predicted molar refractivity (Wildman–Crippen MR) is 66.5 cm³/mol. The second kappa shape index (κ2) is 5.35. The first-order valence-electron chi connectivity index (χ1n) is 5.93. The summed E-state index contributed by atoms with van der Waals surface area (Å²) in [6.45, 7) is 2.79. The zero-order valence-corrected chi connectivity index (χ0v) is 10.9. The molecule has 1 aromatic rings. The van der Waals surface area contributed by atoms with Gasteiger partial charge in [-0.05, 0) is 25.7 Å².